The molecule has 2 aromatic rings. The number of hydrogen-bond donors (Lipinski definition) is 1. The van der Waals surface area contributed by atoms with Crippen LogP contribution in [0.3, 0.4) is 0 Å². The second kappa shape index (κ2) is 5.91. The van der Waals surface area contributed by atoms with Gasteiger partial charge in [-0.15, -0.1) is 0 Å². The lowest BCUT2D eigenvalue weighted by molar-refractivity contribution is 0.230. The van der Waals surface area contributed by atoms with Gasteiger partial charge in [0.15, 0.2) is 5.75 Å². The number of urea groups is 1. The third kappa shape index (κ3) is 3.48. The second-order valence-corrected chi connectivity index (χ2v) is 4.24. The van der Waals surface area contributed by atoms with Crippen LogP contribution in [0.2, 0.25) is 0 Å². The molecule has 0 unspecified atom stereocenters. The van der Waals surface area contributed by atoms with E-state index in [9.17, 15) is 4.79 Å². The Morgan fingerprint density at radius 3 is 2.32 bits per heavy atom. The van der Waals surface area contributed by atoms with Gasteiger partial charge in [0.2, 0.25) is 0 Å². The van der Waals surface area contributed by atoms with Gasteiger partial charge in [0.1, 0.15) is 5.75 Å². The van der Waals surface area contributed by atoms with Crippen LogP contribution in [0.25, 0.3) is 0 Å². The van der Waals surface area contributed by atoms with Crippen molar-refractivity contribution >= 4 is 11.7 Å². The average Bonchev–Trinajstić information content (AvgIpc) is 2.42. The molecule has 0 spiro atoms. The van der Waals surface area contributed by atoms with Crippen molar-refractivity contribution in [1.29, 1.82) is 0 Å². The molecule has 0 atom stereocenters. The molecule has 0 saturated heterocycles. The maximum atomic E-state index is 11.7. The Morgan fingerprint density at radius 2 is 1.63 bits per heavy atom. The van der Waals surface area contributed by atoms with Crippen LogP contribution in [0, 0.1) is 0 Å². The third-order valence-electron chi connectivity index (χ3n) is 2.51. The van der Waals surface area contributed by atoms with E-state index in [1.807, 2.05) is 48.5 Å². The smallest absolute Gasteiger partial charge is 0.321 e. The molecule has 19 heavy (non-hydrogen) atoms. The van der Waals surface area contributed by atoms with Crippen LogP contribution in [-0.2, 0) is 0 Å². The molecule has 0 aromatic heterocycles. The van der Waals surface area contributed by atoms with Crippen molar-refractivity contribution in [2.24, 2.45) is 0 Å². The number of amides is 2. The van der Waals surface area contributed by atoms with Crippen LogP contribution in [0.4, 0.5) is 10.5 Å². The number of rotatable bonds is 3. The second-order valence-electron chi connectivity index (χ2n) is 4.24. The van der Waals surface area contributed by atoms with E-state index in [-0.39, 0.29) is 6.03 Å². The number of nitrogens with one attached hydrogen (secondary N) is 1. The molecule has 2 amide bonds. The number of anilines is 1. The summed E-state index contributed by atoms with van der Waals surface area (Å²) in [4.78, 5) is 13.1. The Labute approximate surface area is 112 Å². The van der Waals surface area contributed by atoms with E-state index in [2.05, 4.69) is 5.32 Å². The van der Waals surface area contributed by atoms with E-state index in [0.717, 1.165) is 5.75 Å². The molecule has 0 heterocycles. The molecule has 98 valence electrons. The summed E-state index contributed by atoms with van der Waals surface area (Å²) in [7, 11) is 3.38. The van der Waals surface area contributed by atoms with Crippen molar-refractivity contribution in [3.05, 3.63) is 54.6 Å². The van der Waals surface area contributed by atoms with Crippen molar-refractivity contribution in [1.82, 2.24) is 4.90 Å². The summed E-state index contributed by atoms with van der Waals surface area (Å²) in [5.74, 6) is 1.35. The van der Waals surface area contributed by atoms with Gasteiger partial charge in [-0.2, -0.15) is 0 Å². The van der Waals surface area contributed by atoms with Gasteiger partial charge in [0, 0.05) is 14.1 Å². The Balaban J connectivity index is 2.19. The highest BCUT2D eigenvalue weighted by Gasteiger charge is 2.09. The molecule has 0 saturated carbocycles. The van der Waals surface area contributed by atoms with Crippen LogP contribution >= 0.6 is 0 Å². The zero-order chi connectivity index (χ0) is 13.7. The first-order valence-electron chi connectivity index (χ1n) is 5.97. The lowest BCUT2D eigenvalue weighted by Crippen LogP contribution is -2.27. The molecule has 0 aliphatic carbocycles. The lowest BCUT2D eigenvalue weighted by atomic mass is 10.3. The fraction of sp³-hybridized carbons (Fsp3) is 0.133. The Kier molecular flexibility index (Phi) is 4.03. The highest BCUT2D eigenvalue weighted by Crippen LogP contribution is 2.29. The molecular weight excluding hydrogens is 240 g/mol. The number of ether oxygens (including phenoxy) is 1. The Morgan fingerprint density at radius 1 is 1.00 bits per heavy atom. The number of benzene rings is 2. The number of hydrogen-bond acceptors (Lipinski definition) is 2. The number of para-hydroxylation sites is 3. The summed E-state index contributed by atoms with van der Waals surface area (Å²) < 4.78 is 5.76. The minimum Gasteiger partial charge on any atom is -0.455 e. The van der Waals surface area contributed by atoms with E-state index in [4.69, 9.17) is 4.74 Å². The third-order valence-corrected chi connectivity index (χ3v) is 2.51. The first-order valence-corrected chi connectivity index (χ1v) is 5.97. The van der Waals surface area contributed by atoms with Crippen LogP contribution in [0.15, 0.2) is 54.6 Å². The maximum Gasteiger partial charge on any atom is 0.321 e. The highest BCUT2D eigenvalue weighted by molar-refractivity contribution is 5.90. The van der Waals surface area contributed by atoms with Crippen molar-refractivity contribution in [3.63, 3.8) is 0 Å². The maximum absolute atomic E-state index is 11.7. The molecular formula is C15H16N2O2. The van der Waals surface area contributed by atoms with Crippen LogP contribution in [0.5, 0.6) is 11.5 Å². The predicted octanol–water partition coefficient (Wildman–Crippen LogP) is 3.57. The van der Waals surface area contributed by atoms with E-state index in [1.54, 1.807) is 20.2 Å². The summed E-state index contributed by atoms with van der Waals surface area (Å²) >= 11 is 0. The van der Waals surface area contributed by atoms with Crippen LogP contribution < -0.4 is 10.1 Å². The van der Waals surface area contributed by atoms with E-state index in [0.29, 0.717) is 11.4 Å². The fourth-order valence-electron chi connectivity index (χ4n) is 1.50. The normalized spacial score (nSPS) is 9.79. The van der Waals surface area contributed by atoms with Gasteiger partial charge in [0.25, 0.3) is 0 Å². The van der Waals surface area contributed by atoms with Gasteiger partial charge in [-0.3, -0.25) is 0 Å². The van der Waals surface area contributed by atoms with Crippen molar-refractivity contribution in [3.8, 4) is 11.5 Å². The molecule has 2 aromatic carbocycles. The molecule has 0 bridgehead atoms. The lowest BCUT2D eigenvalue weighted by Gasteiger charge is -2.15. The molecule has 1 N–H and O–H groups in total. The molecule has 4 heteroatoms. The first kappa shape index (κ1) is 13.0. The quantitative estimate of drug-likeness (QED) is 0.912. The van der Waals surface area contributed by atoms with Crippen molar-refractivity contribution < 1.29 is 9.53 Å². The number of carbonyl (C=O) groups is 1. The molecule has 2 rings (SSSR count). The molecule has 4 nitrogen and oxygen atoms in total. The van der Waals surface area contributed by atoms with Gasteiger partial charge in [-0.25, -0.2) is 4.79 Å². The summed E-state index contributed by atoms with van der Waals surface area (Å²) in [5, 5.41) is 2.79. The zero-order valence-corrected chi connectivity index (χ0v) is 11.0. The highest BCUT2D eigenvalue weighted by atomic mass is 16.5. The van der Waals surface area contributed by atoms with Crippen LogP contribution in [0.1, 0.15) is 0 Å². The minimum absolute atomic E-state index is 0.191. The standard InChI is InChI=1S/C15H16N2O2/c1-17(2)15(18)16-13-10-6-7-11-14(13)19-12-8-4-3-5-9-12/h3-11H,1-2H3,(H,16,18). The monoisotopic (exact) mass is 256 g/mol. The van der Waals surface area contributed by atoms with Gasteiger partial charge in [-0.05, 0) is 24.3 Å². The topological polar surface area (TPSA) is 41.6 Å². The van der Waals surface area contributed by atoms with Gasteiger partial charge in [0.05, 0.1) is 5.69 Å². The minimum atomic E-state index is -0.191. The number of nitrogens with zero attached hydrogens (tertiary/aromatic N) is 1. The summed E-state index contributed by atoms with van der Waals surface area (Å²) in [5.41, 5.74) is 0.644. The zero-order valence-electron chi connectivity index (χ0n) is 11.0. The van der Waals surface area contributed by atoms with E-state index in [1.165, 1.54) is 4.90 Å². The average molecular weight is 256 g/mol. The van der Waals surface area contributed by atoms with Crippen LogP contribution in [-0.4, -0.2) is 25.0 Å². The van der Waals surface area contributed by atoms with Gasteiger partial charge >= 0.3 is 6.03 Å². The molecule has 0 radical (unpaired) electrons. The van der Waals surface area contributed by atoms with Crippen molar-refractivity contribution in [2.75, 3.05) is 19.4 Å². The van der Waals surface area contributed by atoms with Gasteiger partial charge < -0.3 is 15.0 Å². The summed E-state index contributed by atoms with van der Waals surface area (Å²) in [6.45, 7) is 0. The van der Waals surface area contributed by atoms with E-state index < -0.39 is 0 Å². The summed E-state index contributed by atoms with van der Waals surface area (Å²) in [6, 6.07) is 16.6. The largest absolute Gasteiger partial charge is 0.455 e. The molecule has 0 aliphatic rings. The number of carbonyl (C=O) groups excluding carboxylic acids is 1. The molecule has 0 fully saturated rings. The molecule has 0 aliphatic heterocycles. The first-order chi connectivity index (χ1) is 9.16. The van der Waals surface area contributed by atoms with E-state index >= 15 is 0 Å². The SMILES string of the molecule is CN(C)C(=O)Nc1ccccc1Oc1ccccc1. The predicted molar refractivity (Wildman–Crippen MR) is 75.7 cm³/mol. The summed E-state index contributed by atoms with van der Waals surface area (Å²) in [6.07, 6.45) is 0. The Bertz CT molecular complexity index is 553. The Hall–Kier alpha value is -2.49. The fourth-order valence-corrected chi connectivity index (χ4v) is 1.50. The van der Waals surface area contributed by atoms with Gasteiger partial charge in [-0.1, -0.05) is 30.3 Å². The van der Waals surface area contributed by atoms with Crippen molar-refractivity contribution in [2.45, 2.75) is 0 Å².